The van der Waals surface area contributed by atoms with Crippen LogP contribution in [-0.4, -0.2) is 44.8 Å². The van der Waals surface area contributed by atoms with E-state index >= 15 is 0 Å². The average Bonchev–Trinajstić information content (AvgIpc) is 3.26. The van der Waals surface area contributed by atoms with Gasteiger partial charge in [0.15, 0.2) is 11.5 Å². The maximum atomic E-state index is 13.2. The summed E-state index contributed by atoms with van der Waals surface area (Å²) in [4.78, 5) is 28.5. The normalized spacial score (nSPS) is 16.4. The predicted molar refractivity (Wildman–Crippen MR) is 115 cm³/mol. The van der Waals surface area contributed by atoms with Crippen LogP contribution in [0.4, 0.5) is 4.79 Å². The summed E-state index contributed by atoms with van der Waals surface area (Å²) in [6, 6.07) is 6.75. The van der Waals surface area contributed by atoms with Gasteiger partial charge in [0.1, 0.15) is 0 Å². The number of nitrogens with zero attached hydrogens (tertiary/aromatic N) is 1. The summed E-state index contributed by atoms with van der Waals surface area (Å²) in [6.07, 6.45) is 1.69. The van der Waals surface area contributed by atoms with Gasteiger partial charge in [-0.1, -0.05) is 13.0 Å². The molecule has 7 nitrogen and oxygen atoms in total. The van der Waals surface area contributed by atoms with Crippen molar-refractivity contribution in [3.8, 4) is 11.5 Å². The number of nitrogens with one attached hydrogen (secondary N) is 1. The molecule has 0 spiro atoms. The number of amides is 2. The number of carbonyl (C=O) groups excluding carboxylic acids is 2. The lowest BCUT2D eigenvalue weighted by atomic mass is 9.98. The summed E-state index contributed by atoms with van der Waals surface area (Å²) in [6.45, 7) is 2.73. The number of urea groups is 1. The molecule has 1 aromatic heterocycles. The molecule has 0 bridgehead atoms. The maximum absolute atomic E-state index is 13.2. The fraction of sp³-hybridized carbons (Fsp3) is 0.455. The zero-order chi connectivity index (χ0) is 21.7. The Morgan fingerprint density at radius 2 is 1.97 bits per heavy atom. The van der Waals surface area contributed by atoms with Gasteiger partial charge in [-0.25, -0.2) is 4.79 Å². The van der Waals surface area contributed by atoms with Crippen molar-refractivity contribution in [3.05, 3.63) is 45.6 Å². The second-order valence-corrected chi connectivity index (χ2v) is 8.06. The monoisotopic (exact) mass is 432 g/mol. The molecular weight excluding hydrogens is 404 g/mol. The molecule has 1 N–H and O–H groups in total. The summed E-state index contributed by atoms with van der Waals surface area (Å²) in [7, 11) is 4.45. The van der Waals surface area contributed by atoms with Crippen molar-refractivity contribution < 1.29 is 23.8 Å². The number of esters is 1. The number of carbonyl (C=O) groups is 2. The van der Waals surface area contributed by atoms with Crippen LogP contribution in [0.15, 0.2) is 29.6 Å². The smallest absolute Gasteiger partial charge is 0.318 e. The first-order chi connectivity index (χ1) is 14.5. The van der Waals surface area contributed by atoms with Gasteiger partial charge in [0, 0.05) is 11.4 Å². The average molecular weight is 433 g/mol. The Kier molecular flexibility index (Phi) is 7.20. The maximum Gasteiger partial charge on any atom is 0.318 e. The van der Waals surface area contributed by atoms with Crippen molar-refractivity contribution in [2.45, 2.75) is 38.3 Å². The summed E-state index contributed by atoms with van der Waals surface area (Å²) in [5, 5.41) is 5.12. The highest BCUT2D eigenvalue weighted by molar-refractivity contribution is 7.10. The highest BCUT2D eigenvalue weighted by Gasteiger charge is 2.32. The van der Waals surface area contributed by atoms with Crippen molar-refractivity contribution in [2.24, 2.45) is 0 Å². The van der Waals surface area contributed by atoms with Crippen LogP contribution in [-0.2, 0) is 16.0 Å². The topological polar surface area (TPSA) is 77.1 Å². The molecule has 3 rings (SSSR count). The van der Waals surface area contributed by atoms with Crippen LogP contribution < -0.4 is 14.8 Å². The van der Waals surface area contributed by atoms with Crippen molar-refractivity contribution in [1.82, 2.24) is 10.2 Å². The third-order valence-electron chi connectivity index (χ3n) is 5.45. The molecule has 2 aromatic rings. The first-order valence-corrected chi connectivity index (χ1v) is 10.8. The molecule has 1 aliphatic heterocycles. The third kappa shape index (κ3) is 4.53. The quantitative estimate of drug-likeness (QED) is 0.667. The van der Waals surface area contributed by atoms with Gasteiger partial charge in [-0.2, -0.15) is 0 Å². The molecule has 1 aromatic carbocycles. The Hall–Kier alpha value is -2.74. The Labute approximate surface area is 180 Å². The lowest BCUT2D eigenvalue weighted by Gasteiger charge is -2.36. The van der Waals surface area contributed by atoms with Gasteiger partial charge in [-0.05, 0) is 47.5 Å². The number of methoxy groups -OCH3 is 3. The Bertz CT molecular complexity index is 897. The molecule has 2 unspecified atom stereocenters. The largest absolute Gasteiger partial charge is 0.493 e. The second-order valence-electron chi connectivity index (χ2n) is 7.06. The van der Waals surface area contributed by atoms with Gasteiger partial charge in [0.05, 0.1) is 39.8 Å². The molecule has 0 radical (unpaired) electrons. The molecule has 0 saturated heterocycles. The van der Waals surface area contributed by atoms with E-state index in [0.29, 0.717) is 18.0 Å². The van der Waals surface area contributed by atoms with Crippen LogP contribution in [0.2, 0.25) is 0 Å². The van der Waals surface area contributed by atoms with Crippen LogP contribution in [0.3, 0.4) is 0 Å². The van der Waals surface area contributed by atoms with E-state index in [9.17, 15) is 9.59 Å². The molecule has 2 atom stereocenters. The standard InChI is InChI=1S/C22H28N2O5S/c1-5-17-15-9-11-30-20(15)8-10-24(17)22(26)23-16(13-21(25)29-4)14-6-7-18(27-2)19(12-14)28-3/h6-7,9,11-12,16-17H,5,8,10,13H2,1-4H3,(H,23,26). The van der Waals surface area contributed by atoms with Gasteiger partial charge in [0.25, 0.3) is 0 Å². The van der Waals surface area contributed by atoms with Crippen molar-refractivity contribution in [2.75, 3.05) is 27.9 Å². The molecule has 2 heterocycles. The molecule has 30 heavy (non-hydrogen) atoms. The van der Waals surface area contributed by atoms with E-state index in [0.717, 1.165) is 18.4 Å². The van der Waals surface area contributed by atoms with Gasteiger partial charge in [0.2, 0.25) is 0 Å². The molecule has 162 valence electrons. The van der Waals surface area contributed by atoms with E-state index in [-0.39, 0.29) is 18.5 Å². The van der Waals surface area contributed by atoms with Gasteiger partial charge >= 0.3 is 12.0 Å². The van der Waals surface area contributed by atoms with E-state index in [4.69, 9.17) is 14.2 Å². The van der Waals surface area contributed by atoms with E-state index < -0.39 is 12.0 Å². The van der Waals surface area contributed by atoms with Crippen LogP contribution in [0.5, 0.6) is 11.5 Å². The number of fused-ring (bicyclic) bond motifs is 1. The predicted octanol–water partition coefficient (Wildman–Crippen LogP) is 4.09. The Balaban J connectivity index is 1.85. The Morgan fingerprint density at radius 3 is 2.63 bits per heavy atom. The van der Waals surface area contributed by atoms with E-state index in [1.807, 2.05) is 11.0 Å². The number of ether oxygens (including phenoxy) is 3. The van der Waals surface area contributed by atoms with Crippen LogP contribution >= 0.6 is 11.3 Å². The lowest BCUT2D eigenvalue weighted by Crippen LogP contribution is -2.46. The zero-order valence-electron chi connectivity index (χ0n) is 17.8. The number of rotatable bonds is 7. The van der Waals surface area contributed by atoms with Crippen molar-refractivity contribution in [3.63, 3.8) is 0 Å². The summed E-state index contributed by atoms with van der Waals surface area (Å²) < 4.78 is 15.5. The zero-order valence-corrected chi connectivity index (χ0v) is 18.6. The van der Waals surface area contributed by atoms with Crippen molar-refractivity contribution >= 4 is 23.3 Å². The second kappa shape index (κ2) is 9.84. The molecule has 8 heteroatoms. The van der Waals surface area contributed by atoms with Gasteiger partial charge in [-0.3, -0.25) is 4.79 Å². The summed E-state index contributed by atoms with van der Waals surface area (Å²) >= 11 is 1.74. The molecule has 2 amide bonds. The highest BCUT2D eigenvalue weighted by atomic mass is 32.1. The van der Waals surface area contributed by atoms with Crippen molar-refractivity contribution in [1.29, 1.82) is 0 Å². The lowest BCUT2D eigenvalue weighted by molar-refractivity contribution is -0.141. The number of hydrogen-bond donors (Lipinski definition) is 1. The van der Waals surface area contributed by atoms with E-state index in [1.54, 1.807) is 37.7 Å². The van der Waals surface area contributed by atoms with Crippen LogP contribution in [0.25, 0.3) is 0 Å². The molecule has 0 fully saturated rings. The van der Waals surface area contributed by atoms with Gasteiger partial charge < -0.3 is 24.4 Å². The number of benzene rings is 1. The summed E-state index contributed by atoms with van der Waals surface area (Å²) in [5.74, 6) is 0.712. The molecule has 0 saturated carbocycles. The minimum Gasteiger partial charge on any atom is -0.493 e. The highest BCUT2D eigenvalue weighted by Crippen LogP contribution is 2.36. The molecule has 0 aliphatic carbocycles. The Morgan fingerprint density at radius 1 is 1.20 bits per heavy atom. The minimum absolute atomic E-state index is 0.0199. The molecule has 1 aliphatic rings. The van der Waals surface area contributed by atoms with Crippen LogP contribution in [0.1, 0.15) is 47.9 Å². The van der Waals surface area contributed by atoms with Gasteiger partial charge in [-0.15, -0.1) is 11.3 Å². The number of thiophene rings is 1. The van der Waals surface area contributed by atoms with Crippen LogP contribution in [0, 0.1) is 0 Å². The first kappa shape index (κ1) is 22.0. The third-order valence-corrected chi connectivity index (χ3v) is 6.45. The number of hydrogen-bond acceptors (Lipinski definition) is 6. The first-order valence-electron chi connectivity index (χ1n) is 9.94. The molecular formula is C22H28N2O5S. The van der Waals surface area contributed by atoms with E-state index in [1.165, 1.54) is 17.6 Å². The fourth-order valence-corrected chi connectivity index (χ4v) is 4.81. The summed E-state index contributed by atoms with van der Waals surface area (Å²) in [5.41, 5.74) is 1.97. The SMILES string of the molecule is CCC1c2ccsc2CCN1C(=O)NC(CC(=O)OC)c1ccc(OC)c(OC)c1. The minimum atomic E-state index is -0.550. The van der Waals surface area contributed by atoms with E-state index in [2.05, 4.69) is 23.7 Å². The fourth-order valence-electron chi connectivity index (χ4n) is 3.88.